The van der Waals surface area contributed by atoms with Gasteiger partial charge in [0.05, 0.1) is 0 Å². The standard InChI is InChI=1S/C18H34O2/c1-2-11-16-13-9-10-14-17(16)12-7-5-3-4-6-8-15-18(19)20/h16-17H,2-15H2,1H3,(H,19,20). The van der Waals surface area contributed by atoms with Crippen LogP contribution in [-0.2, 0) is 4.79 Å². The first-order valence-electron chi connectivity index (χ1n) is 8.95. The summed E-state index contributed by atoms with van der Waals surface area (Å²) in [5.74, 6) is 1.38. The number of hydrogen-bond donors (Lipinski definition) is 1. The molecule has 0 aromatic rings. The van der Waals surface area contributed by atoms with E-state index in [1.165, 1.54) is 70.6 Å². The number of unbranched alkanes of at least 4 members (excludes halogenated alkanes) is 5. The van der Waals surface area contributed by atoms with Crippen molar-refractivity contribution in [3.63, 3.8) is 0 Å². The number of carboxylic acids is 1. The molecule has 2 unspecified atom stereocenters. The number of carbonyl (C=O) groups is 1. The molecule has 1 saturated carbocycles. The molecular weight excluding hydrogens is 248 g/mol. The van der Waals surface area contributed by atoms with Crippen LogP contribution in [-0.4, -0.2) is 11.1 Å². The second kappa shape index (κ2) is 11.2. The predicted octanol–water partition coefficient (Wildman–Crippen LogP) is 5.80. The fraction of sp³-hybridized carbons (Fsp3) is 0.944. The van der Waals surface area contributed by atoms with Crippen LogP contribution in [0.4, 0.5) is 0 Å². The van der Waals surface area contributed by atoms with Gasteiger partial charge in [0.1, 0.15) is 0 Å². The maximum Gasteiger partial charge on any atom is 0.303 e. The Morgan fingerprint density at radius 1 is 0.900 bits per heavy atom. The van der Waals surface area contributed by atoms with Crippen molar-refractivity contribution < 1.29 is 9.90 Å². The molecule has 2 heteroatoms. The average molecular weight is 282 g/mol. The van der Waals surface area contributed by atoms with Gasteiger partial charge in [-0.15, -0.1) is 0 Å². The number of hydrogen-bond acceptors (Lipinski definition) is 1. The molecule has 1 aliphatic carbocycles. The van der Waals surface area contributed by atoms with E-state index in [0.717, 1.165) is 24.7 Å². The second-order valence-corrected chi connectivity index (χ2v) is 6.65. The highest BCUT2D eigenvalue weighted by molar-refractivity contribution is 5.66. The summed E-state index contributed by atoms with van der Waals surface area (Å²) < 4.78 is 0. The van der Waals surface area contributed by atoms with Crippen LogP contribution in [0.5, 0.6) is 0 Å². The lowest BCUT2D eigenvalue weighted by atomic mass is 9.75. The second-order valence-electron chi connectivity index (χ2n) is 6.65. The number of carboxylic acid groups (broad SMARTS) is 1. The third kappa shape index (κ3) is 7.91. The summed E-state index contributed by atoms with van der Waals surface area (Å²) in [4.78, 5) is 10.4. The van der Waals surface area contributed by atoms with Crippen molar-refractivity contribution in [3.8, 4) is 0 Å². The van der Waals surface area contributed by atoms with Crippen LogP contribution in [0.1, 0.15) is 96.8 Å². The predicted molar refractivity (Wildman–Crippen MR) is 84.9 cm³/mol. The molecule has 0 aliphatic heterocycles. The Hall–Kier alpha value is -0.530. The van der Waals surface area contributed by atoms with Gasteiger partial charge in [0.25, 0.3) is 0 Å². The molecule has 0 heterocycles. The molecule has 1 aliphatic rings. The van der Waals surface area contributed by atoms with Gasteiger partial charge in [0, 0.05) is 6.42 Å². The van der Waals surface area contributed by atoms with Crippen molar-refractivity contribution in [1.82, 2.24) is 0 Å². The lowest BCUT2D eigenvalue weighted by Crippen LogP contribution is -2.19. The van der Waals surface area contributed by atoms with Gasteiger partial charge < -0.3 is 5.11 Å². The average Bonchev–Trinajstić information content (AvgIpc) is 2.43. The SMILES string of the molecule is CCCC1CCCCC1CCCCCCCCC(=O)O. The highest BCUT2D eigenvalue weighted by Gasteiger charge is 2.23. The molecule has 0 saturated heterocycles. The molecule has 0 aromatic carbocycles. The molecule has 1 fully saturated rings. The van der Waals surface area contributed by atoms with Gasteiger partial charge in [-0.3, -0.25) is 4.79 Å². The van der Waals surface area contributed by atoms with Crippen molar-refractivity contribution in [2.45, 2.75) is 96.8 Å². The summed E-state index contributed by atoms with van der Waals surface area (Å²) in [6.45, 7) is 2.32. The Balaban J connectivity index is 1.98. The zero-order chi connectivity index (χ0) is 14.6. The fourth-order valence-corrected chi connectivity index (χ4v) is 3.81. The molecule has 20 heavy (non-hydrogen) atoms. The van der Waals surface area contributed by atoms with E-state index < -0.39 is 5.97 Å². The van der Waals surface area contributed by atoms with Gasteiger partial charge in [-0.05, 0) is 18.3 Å². The topological polar surface area (TPSA) is 37.3 Å². The monoisotopic (exact) mass is 282 g/mol. The van der Waals surface area contributed by atoms with Crippen LogP contribution in [0.3, 0.4) is 0 Å². The zero-order valence-electron chi connectivity index (χ0n) is 13.4. The van der Waals surface area contributed by atoms with E-state index in [1.807, 2.05) is 0 Å². The first-order valence-corrected chi connectivity index (χ1v) is 8.95. The molecule has 0 aromatic heterocycles. The Morgan fingerprint density at radius 2 is 1.45 bits per heavy atom. The minimum absolute atomic E-state index is 0.348. The molecule has 1 rings (SSSR count). The van der Waals surface area contributed by atoms with Gasteiger partial charge in [0.15, 0.2) is 0 Å². The summed E-state index contributed by atoms with van der Waals surface area (Å²) in [7, 11) is 0. The molecule has 118 valence electrons. The van der Waals surface area contributed by atoms with E-state index in [4.69, 9.17) is 5.11 Å². The van der Waals surface area contributed by atoms with Crippen LogP contribution >= 0.6 is 0 Å². The minimum atomic E-state index is -0.649. The van der Waals surface area contributed by atoms with E-state index >= 15 is 0 Å². The summed E-state index contributed by atoms with van der Waals surface area (Å²) in [5.41, 5.74) is 0. The fourth-order valence-electron chi connectivity index (χ4n) is 3.81. The largest absolute Gasteiger partial charge is 0.481 e. The number of rotatable bonds is 11. The summed E-state index contributed by atoms with van der Waals surface area (Å²) >= 11 is 0. The van der Waals surface area contributed by atoms with Gasteiger partial charge in [0.2, 0.25) is 0 Å². The van der Waals surface area contributed by atoms with Crippen molar-refractivity contribution in [1.29, 1.82) is 0 Å². The van der Waals surface area contributed by atoms with Gasteiger partial charge >= 0.3 is 5.97 Å². The minimum Gasteiger partial charge on any atom is -0.481 e. The molecule has 0 amide bonds. The normalized spacial score (nSPS) is 22.9. The van der Waals surface area contributed by atoms with Crippen molar-refractivity contribution in [2.24, 2.45) is 11.8 Å². The van der Waals surface area contributed by atoms with Gasteiger partial charge in [-0.1, -0.05) is 84.0 Å². The molecule has 2 nitrogen and oxygen atoms in total. The molecule has 0 radical (unpaired) electrons. The molecule has 0 bridgehead atoms. The Labute approximate surface area is 125 Å². The van der Waals surface area contributed by atoms with Crippen molar-refractivity contribution >= 4 is 5.97 Å². The highest BCUT2D eigenvalue weighted by Crippen LogP contribution is 2.36. The van der Waals surface area contributed by atoms with Crippen LogP contribution in [0.25, 0.3) is 0 Å². The third-order valence-electron chi connectivity index (χ3n) is 4.94. The Morgan fingerprint density at radius 3 is 2.05 bits per heavy atom. The van der Waals surface area contributed by atoms with Crippen molar-refractivity contribution in [3.05, 3.63) is 0 Å². The van der Waals surface area contributed by atoms with Crippen molar-refractivity contribution in [2.75, 3.05) is 0 Å². The first kappa shape index (κ1) is 17.5. The Kier molecular flexibility index (Phi) is 9.78. The lowest BCUT2D eigenvalue weighted by molar-refractivity contribution is -0.137. The third-order valence-corrected chi connectivity index (χ3v) is 4.94. The maximum absolute atomic E-state index is 10.4. The summed E-state index contributed by atoms with van der Waals surface area (Å²) in [6.07, 6.45) is 17.7. The number of aliphatic carboxylic acids is 1. The molecule has 0 spiro atoms. The van der Waals surface area contributed by atoms with E-state index in [9.17, 15) is 4.79 Å². The highest BCUT2D eigenvalue weighted by atomic mass is 16.4. The molecule has 2 atom stereocenters. The summed E-state index contributed by atoms with van der Waals surface area (Å²) in [6, 6.07) is 0. The first-order chi connectivity index (χ1) is 9.74. The molecule has 1 N–H and O–H groups in total. The van der Waals surface area contributed by atoms with Gasteiger partial charge in [-0.2, -0.15) is 0 Å². The van der Waals surface area contributed by atoms with E-state index in [2.05, 4.69) is 6.92 Å². The van der Waals surface area contributed by atoms with Gasteiger partial charge in [-0.25, -0.2) is 0 Å². The smallest absolute Gasteiger partial charge is 0.303 e. The maximum atomic E-state index is 10.4. The molecular formula is C18H34O2. The van der Waals surface area contributed by atoms with Crippen LogP contribution in [0.2, 0.25) is 0 Å². The zero-order valence-corrected chi connectivity index (χ0v) is 13.4. The Bertz CT molecular complexity index is 248. The van der Waals surface area contributed by atoms with E-state index in [0.29, 0.717) is 6.42 Å². The summed E-state index contributed by atoms with van der Waals surface area (Å²) in [5, 5.41) is 8.57. The quantitative estimate of drug-likeness (QED) is 0.486. The van der Waals surface area contributed by atoms with E-state index in [-0.39, 0.29) is 0 Å². The van der Waals surface area contributed by atoms with E-state index in [1.54, 1.807) is 0 Å². The van der Waals surface area contributed by atoms with Crippen LogP contribution in [0.15, 0.2) is 0 Å². The lowest BCUT2D eigenvalue weighted by Gasteiger charge is -2.31. The van der Waals surface area contributed by atoms with Crippen LogP contribution < -0.4 is 0 Å². The van der Waals surface area contributed by atoms with Crippen LogP contribution in [0, 0.1) is 11.8 Å².